The summed E-state index contributed by atoms with van der Waals surface area (Å²) in [6.45, 7) is 0. The summed E-state index contributed by atoms with van der Waals surface area (Å²) >= 11 is 0. The van der Waals surface area contributed by atoms with Gasteiger partial charge in [-0.15, -0.1) is 0 Å². The topological polar surface area (TPSA) is 133 Å². The fourth-order valence-corrected chi connectivity index (χ4v) is 1.98. The second kappa shape index (κ2) is 8.43. The summed E-state index contributed by atoms with van der Waals surface area (Å²) < 4.78 is 9.32. The molecule has 2 aromatic carbocycles. The van der Waals surface area contributed by atoms with Crippen LogP contribution >= 0.6 is 0 Å². The van der Waals surface area contributed by atoms with Crippen LogP contribution < -0.4 is 10.2 Å². The maximum atomic E-state index is 12.0. The first kappa shape index (κ1) is 18.7. The predicted molar refractivity (Wildman–Crippen MR) is 81.3 cm³/mol. The molecule has 0 aliphatic carbocycles. The number of carbonyl (C=O) groups excluding carboxylic acids is 4. The number of aliphatic carboxylic acids is 2. The summed E-state index contributed by atoms with van der Waals surface area (Å²) in [5, 5.41) is 22.5. The Labute approximate surface area is 147 Å². The van der Waals surface area contributed by atoms with Crippen molar-refractivity contribution < 1.29 is 38.9 Å². The fraction of sp³-hybridized carbons (Fsp3) is 0.111. The van der Waals surface area contributed by atoms with E-state index in [2.05, 4.69) is 9.47 Å². The molecular weight excluding hydrogens is 344 g/mol. The molecule has 0 heterocycles. The number of esters is 2. The van der Waals surface area contributed by atoms with Gasteiger partial charge in [-0.05, 0) is 24.3 Å². The van der Waals surface area contributed by atoms with Gasteiger partial charge in [0, 0.05) is 0 Å². The molecule has 8 heteroatoms. The zero-order chi connectivity index (χ0) is 19.1. The van der Waals surface area contributed by atoms with Crippen LogP contribution in [0.2, 0.25) is 0 Å². The fourth-order valence-electron chi connectivity index (χ4n) is 1.98. The van der Waals surface area contributed by atoms with Gasteiger partial charge >= 0.3 is 11.9 Å². The summed E-state index contributed by atoms with van der Waals surface area (Å²) in [4.78, 5) is 46.5. The van der Waals surface area contributed by atoms with Crippen molar-refractivity contribution in [3.8, 4) is 0 Å². The van der Waals surface area contributed by atoms with Gasteiger partial charge in [0.25, 0.3) is 0 Å². The van der Waals surface area contributed by atoms with Crippen LogP contribution in [-0.4, -0.2) is 36.1 Å². The number of benzene rings is 2. The van der Waals surface area contributed by atoms with Gasteiger partial charge in [0.2, 0.25) is 0 Å². The molecule has 2 aromatic rings. The molecule has 0 aliphatic rings. The highest BCUT2D eigenvalue weighted by Gasteiger charge is 2.32. The van der Waals surface area contributed by atoms with Gasteiger partial charge in [0.05, 0.1) is 23.1 Å². The highest BCUT2D eigenvalue weighted by Crippen LogP contribution is 2.12. The minimum atomic E-state index is -2.39. The first-order valence-electron chi connectivity index (χ1n) is 7.34. The van der Waals surface area contributed by atoms with Gasteiger partial charge < -0.3 is 29.3 Å². The minimum Gasteiger partial charge on any atom is -0.546 e. The molecule has 0 bridgehead atoms. The van der Waals surface area contributed by atoms with Gasteiger partial charge in [0.1, 0.15) is 0 Å². The Bertz CT molecular complexity index is 731. The average molecular weight is 356 g/mol. The number of rotatable bonds is 7. The highest BCUT2D eigenvalue weighted by atomic mass is 16.6. The molecule has 8 nitrogen and oxygen atoms in total. The van der Waals surface area contributed by atoms with E-state index in [0.29, 0.717) is 0 Å². The van der Waals surface area contributed by atoms with E-state index in [4.69, 9.17) is 0 Å². The smallest absolute Gasteiger partial charge is 0.338 e. The molecule has 0 saturated heterocycles. The SMILES string of the molecule is O=C(O[C@@H](C(=O)[O-])[C@@H](OC(=O)c1ccccc1)C(=O)[O-])c1ccccc1. The van der Waals surface area contributed by atoms with Crippen molar-refractivity contribution in [3.63, 3.8) is 0 Å². The second-order valence-electron chi connectivity index (χ2n) is 5.02. The van der Waals surface area contributed by atoms with Gasteiger partial charge in [0.15, 0.2) is 12.2 Å². The van der Waals surface area contributed by atoms with Crippen molar-refractivity contribution in [1.82, 2.24) is 0 Å². The van der Waals surface area contributed by atoms with Crippen molar-refractivity contribution in [2.75, 3.05) is 0 Å². The van der Waals surface area contributed by atoms with Crippen molar-refractivity contribution in [1.29, 1.82) is 0 Å². The van der Waals surface area contributed by atoms with Crippen molar-refractivity contribution in [3.05, 3.63) is 71.8 Å². The van der Waals surface area contributed by atoms with E-state index in [-0.39, 0.29) is 11.1 Å². The predicted octanol–water partition coefficient (Wildman–Crippen LogP) is -1.06. The number of ether oxygens (including phenoxy) is 2. The molecule has 0 aliphatic heterocycles. The molecule has 0 amide bonds. The summed E-state index contributed by atoms with van der Waals surface area (Å²) in [6.07, 6.45) is -4.78. The highest BCUT2D eigenvalue weighted by molar-refractivity contribution is 5.94. The number of hydrogen-bond acceptors (Lipinski definition) is 8. The summed E-state index contributed by atoms with van der Waals surface area (Å²) in [6, 6.07) is 14.5. The Kier molecular flexibility index (Phi) is 6.05. The van der Waals surface area contributed by atoms with E-state index in [1.54, 1.807) is 12.1 Å². The van der Waals surface area contributed by atoms with E-state index >= 15 is 0 Å². The molecular formula is C18H12O8-2. The molecule has 2 rings (SSSR count). The molecule has 26 heavy (non-hydrogen) atoms. The molecule has 0 N–H and O–H groups in total. The van der Waals surface area contributed by atoms with Gasteiger partial charge in [-0.2, -0.15) is 0 Å². The van der Waals surface area contributed by atoms with Crippen molar-refractivity contribution in [2.24, 2.45) is 0 Å². The third kappa shape index (κ3) is 4.67. The lowest BCUT2D eigenvalue weighted by molar-refractivity contribution is -0.332. The second-order valence-corrected chi connectivity index (χ2v) is 5.02. The Morgan fingerprint density at radius 1 is 0.615 bits per heavy atom. The summed E-state index contributed by atoms with van der Waals surface area (Å²) in [5.74, 6) is -6.35. The lowest BCUT2D eigenvalue weighted by Gasteiger charge is -2.28. The van der Waals surface area contributed by atoms with Crippen LogP contribution in [0.4, 0.5) is 0 Å². The summed E-state index contributed by atoms with van der Waals surface area (Å²) in [5.41, 5.74) is -0.0459. The molecule has 0 radical (unpaired) electrons. The lowest BCUT2D eigenvalue weighted by atomic mass is 10.1. The Morgan fingerprint density at radius 2 is 0.923 bits per heavy atom. The van der Waals surface area contributed by atoms with Crippen LogP contribution in [0.5, 0.6) is 0 Å². The van der Waals surface area contributed by atoms with Crippen molar-refractivity contribution in [2.45, 2.75) is 12.2 Å². The zero-order valence-electron chi connectivity index (χ0n) is 13.2. The molecule has 0 saturated carbocycles. The standard InChI is InChI=1S/C18H14O8/c19-15(20)13(25-17(23)11-7-3-1-4-8-11)14(16(21)22)26-18(24)12-9-5-2-6-10-12/h1-10,13-14H,(H,19,20)(H,21,22)/p-2/t13-,14-/m1/s1. The lowest BCUT2D eigenvalue weighted by Crippen LogP contribution is -2.55. The van der Waals surface area contributed by atoms with E-state index in [1.807, 2.05) is 0 Å². The van der Waals surface area contributed by atoms with Crippen LogP contribution in [0.15, 0.2) is 60.7 Å². The average Bonchev–Trinajstić information content (AvgIpc) is 2.65. The van der Waals surface area contributed by atoms with Gasteiger partial charge in [-0.25, -0.2) is 9.59 Å². The Hall–Kier alpha value is -3.68. The Balaban J connectivity index is 2.20. The van der Waals surface area contributed by atoms with Crippen LogP contribution in [0.25, 0.3) is 0 Å². The zero-order valence-corrected chi connectivity index (χ0v) is 13.2. The summed E-state index contributed by atoms with van der Waals surface area (Å²) in [7, 11) is 0. The van der Waals surface area contributed by atoms with E-state index in [1.165, 1.54) is 48.5 Å². The molecule has 2 atom stereocenters. The monoisotopic (exact) mass is 356 g/mol. The minimum absolute atomic E-state index is 0.0229. The molecule has 0 fully saturated rings. The first-order chi connectivity index (χ1) is 12.4. The Morgan fingerprint density at radius 3 is 1.19 bits per heavy atom. The number of hydrogen-bond donors (Lipinski definition) is 0. The third-order valence-electron chi connectivity index (χ3n) is 3.23. The molecule has 0 spiro atoms. The number of carboxylic acid groups (broad SMARTS) is 2. The normalized spacial score (nSPS) is 12.5. The number of carboxylic acids is 2. The van der Waals surface area contributed by atoms with E-state index < -0.39 is 36.1 Å². The largest absolute Gasteiger partial charge is 0.546 e. The van der Waals surface area contributed by atoms with E-state index in [0.717, 1.165) is 0 Å². The third-order valence-corrected chi connectivity index (χ3v) is 3.23. The van der Waals surface area contributed by atoms with E-state index in [9.17, 15) is 29.4 Å². The first-order valence-corrected chi connectivity index (χ1v) is 7.34. The van der Waals surface area contributed by atoms with Crippen LogP contribution in [0.1, 0.15) is 20.7 Å². The molecule has 134 valence electrons. The molecule has 0 unspecified atom stereocenters. The van der Waals surface area contributed by atoms with Crippen LogP contribution in [0, 0.1) is 0 Å². The van der Waals surface area contributed by atoms with Gasteiger partial charge in [-0.1, -0.05) is 36.4 Å². The quantitative estimate of drug-likeness (QED) is 0.573. The van der Waals surface area contributed by atoms with Crippen LogP contribution in [0.3, 0.4) is 0 Å². The maximum Gasteiger partial charge on any atom is 0.338 e. The van der Waals surface area contributed by atoms with Crippen molar-refractivity contribution >= 4 is 23.9 Å². The van der Waals surface area contributed by atoms with Crippen LogP contribution in [-0.2, 0) is 19.1 Å². The van der Waals surface area contributed by atoms with Gasteiger partial charge in [-0.3, -0.25) is 0 Å². The maximum absolute atomic E-state index is 12.0. The molecule has 0 aromatic heterocycles. The number of carbonyl (C=O) groups is 4.